The monoisotopic (exact) mass is 263 g/mol. The molecule has 5 heteroatoms. The van der Waals surface area contributed by atoms with Gasteiger partial charge in [-0.15, -0.1) is 0 Å². The van der Waals surface area contributed by atoms with E-state index in [0.29, 0.717) is 18.5 Å². The number of benzene rings is 1. The quantitative estimate of drug-likeness (QED) is 0.836. The van der Waals surface area contributed by atoms with E-state index in [1.54, 1.807) is 12.1 Å². The van der Waals surface area contributed by atoms with Crippen LogP contribution in [-0.4, -0.2) is 31.7 Å². The lowest BCUT2D eigenvalue weighted by Crippen LogP contribution is -2.19. The molecule has 102 valence electrons. The lowest BCUT2D eigenvalue weighted by Gasteiger charge is -2.12. The number of esters is 2. The van der Waals surface area contributed by atoms with Gasteiger partial charge in [-0.2, -0.15) is 0 Å². The normalized spacial score (nSPS) is 22.0. The van der Waals surface area contributed by atoms with Gasteiger partial charge in [0.1, 0.15) is 6.10 Å². The molecule has 1 fully saturated rings. The molecule has 2 unspecified atom stereocenters. The second kappa shape index (κ2) is 5.84. The first-order valence-corrected chi connectivity index (χ1v) is 6.19. The van der Waals surface area contributed by atoms with E-state index in [-0.39, 0.29) is 24.1 Å². The molecule has 1 aromatic rings. The van der Waals surface area contributed by atoms with Crippen molar-refractivity contribution in [3.05, 3.63) is 35.4 Å². The van der Waals surface area contributed by atoms with Gasteiger partial charge >= 0.3 is 11.9 Å². The van der Waals surface area contributed by atoms with Crippen molar-refractivity contribution in [2.24, 2.45) is 0 Å². The van der Waals surface area contributed by atoms with Crippen molar-refractivity contribution in [1.29, 1.82) is 0 Å². The zero-order chi connectivity index (χ0) is 13.8. The topological polar surface area (TPSA) is 64.6 Å². The molecule has 1 N–H and O–H groups in total. The number of hydrogen-bond acceptors (Lipinski definition) is 5. The van der Waals surface area contributed by atoms with Crippen molar-refractivity contribution >= 4 is 11.9 Å². The molecule has 0 spiro atoms. The van der Waals surface area contributed by atoms with Crippen LogP contribution in [0.3, 0.4) is 0 Å². The summed E-state index contributed by atoms with van der Waals surface area (Å²) in [6.45, 7) is 2.04. The van der Waals surface area contributed by atoms with Crippen LogP contribution in [0.25, 0.3) is 0 Å². The molecule has 0 bridgehead atoms. The molecule has 1 saturated heterocycles. The summed E-state index contributed by atoms with van der Waals surface area (Å²) >= 11 is 0. The van der Waals surface area contributed by atoms with Crippen LogP contribution in [0.5, 0.6) is 0 Å². The second-order valence-corrected chi connectivity index (χ2v) is 4.55. The molecular weight excluding hydrogens is 246 g/mol. The Morgan fingerprint density at radius 1 is 1.37 bits per heavy atom. The Bertz CT molecular complexity index is 486. The lowest BCUT2D eigenvalue weighted by atomic mass is 10.0. The molecule has 0 saturated carbocycles. The summed E-state index contributed by atoms with van der Waals surface area (Å²) in [5, 5.41) is 3.28. The minimum absolute atomic E-state index is 0.0916. The molecule has 1 aliphatic rings. The number of carbonyl (C=O) groups excluding carboxylic acids is 2. The fourth-order valence-electron chi connectivity index (χ4n) is 2.28. The van der Waals surface area contributed by atoms with Crippen LogP contribution < -0.4 is 5.32 Å². The van der Waals surface area contributed by atoms with Gasteiger partial charge < -0.3 is 14.8 Å². The fraction of sp³-hybridized carbons (Fsp3) is 0.429. The van der Waals surface area contributed by atoms with Gasteiger partial charge in [0.25, 0.3) is 0 Å². The Hall–Kier alpha value is -1.88. The van der Waals surface area contributed by atoms with E-state index in [9.17, 15) is 9.59 Å². The van der Waals surface area contributed by atoms with Gasteiger partial charge in [-0.25, -0.2) is 4.79 Å². The summed E-state index contributed by atoms with van der Waals surface area (Å²) in [5.41, 5.74) is 1.52. The number of nitrogens with one attached hydrogen (secondary N) is 1. The van der Waals surface area contributed by atoms with Gasteiger partial charge in [0, 0.05) is 25.9 Å². The molecule has 0 amide bonds. The standard InChI is InChI=1S/C14H17NO4/c1-9(16)19-12-7-13(15-8-12)10-4-3-5-11(6-10)14(17)18-2/h3-6,12-13,15H,7-8H2,1-2H3. The van der Waals surface area contributed by atoms with E-state index >= 15 is 0 Å². The van der Waals surface area contributed by atoms with E-state index in [2.05, 4.69) is 5.32 Å². The molecule has 0 aromatic heterocycles. The Morgan fingerprint density at radius 3 is 2.84 bits per heavy atom. The zero-order valence-electron chi connectivity index (χ0n) is 11.0. The smallest absolute Gasteiger partial charge is 0.337 e. The average Bonchev–Trinajstić information content (AvgIpc) is 2.85. The van der Waals surface area contributed by atoms with E-state index in [4.69, 9.17) is 9.47 Å². The van der Waals surface area contributed by atoms with Crippen molar-refractivity contribution in [3.63, 3.8) is 0 Å². The SMILES string of the molecule is COC(=O)c1cccc(C2CC(OC(C)=O)CN2)c1. The van der Waals surface area contributed by atoms with Crippen molar-refractivity contribution < 1.29 is 19.1 Å². The summed E-state index contributed by atoms with van der Waals surface area (Å²) < 4.78 is 9.87. The summed E-state index contributed by atoms with van der Waals surface area (Å²) in [7, 11) is 1.36. The Balaban J connectivity index is 2.07. The maximum Gasteiger partial charge on any atom is 0.337 e. The molecule has 1 heterocycles. The van der Waals surface area contributed by atoms with Gasteiger partial charge in [-0.1, -0.05) is 12.1 Å². The summed E-state index contributed by atoms with van der Waals surface area (Å²) in [4.78, 5) is 22.4. The highest BCUT2D eigenvalue weighted by molar-refractivity contribution is 5.89. The van der Waals surface area contributed by atoms with Gasteiger partial charge in [0.15, 0.2) is 0 Å². The first-order chi connectivity index (χ1) is 9.10. The molecule has 0 aliphatic carbocycles. The highest BCUT2D eigenvalue weighted by Crippen LogP contribution is 2.25. The fourth-order valence-corrected chi connectivity index (χ4v) is 2.28. The molecule has 1 aromatic carbocycles. The molecule has 0 radical (unpaired) electrons. The second-order valence-electron chi connectivity index (χ2n) is 4.55. The van der Waals surface area contributed by atoms with Crippen LogP contribution in [0, 0.1) is 0 Å². The van der Waals surface area contributed by atoms with E-state index in [1.807, 2.05) is 12.1 Å². The number of rotatable bonds is 3. The van der Waals surface area contributed by atoms with E-state index < -0.39 is 0 Å². The maximum atomic E-state index is 11.5. The van der Waals surface area contributed by atoms with Gasteiger partial charge in [0.2, 0.25) is 0 Å². The third-order valence-electron chi connectivity index (χ3n) is 3.13. The average molecular weight is 263 g/mol. The van der Waals surface area contributed by atoms with Crippen molar-refractivity contribution in [2.45, 2.75) is 25.5 Å². The largest absolute Gasteiger partial charge is 0.465 e. The van der Waals surface area contributed by atoms with Crippen molar-refractivity contribution in [1.82, 2.24) is 5.32 Å². The van der Waals surface area contributed by atoms with Crippen LogP contribution in [0.4, 0.5) is 0 Å². The Labute approximate surface area is 111 Å². The molecule has 1 aliphatic heterocycles. The molecule has 19 heavy (non-hydrogen) atoms. The van der Waals surface area contributed by atoms with Crippen molar-refractivity contribution in [3.8, 4) is 0 Å². The van der Waals surface area contributed by atoms with Crippen LogP contribution in [0.2, 0.25) is 0 Å². The highest BCUT2D eigenvalue weighted by atomic mass is 16.5. The maximum absolute atomic E-state index is 11.5. The Kier molecular flexibility index (Phi) is 4.16. The first-order valence-electron chi connectivity index (χ1n) is 6.19. The molecule has 2 atom stereocenters. The van der Waals surface area contributed by atoms with Gasteiger partial charge in [-0.05, 0) is 17.7 Å². The van der Waals surface area contributed by atoms with Crippen LogP contribution in [-0.2, 0) is 14.3 Å². The predicted octanol–water partition coefficient (Wildman–Crippen LogP) is 1.44. The zero-order valence-corrected chi connectivity index (χ0v) is 11.0. The minimum atomic E-state index is -0.351. The number of ether oxygens (including phenoxy) is 2. The number of hydrogen-bond donors (Lipinski definition) is 1. The van der Waals surface area contributed by atoms with Crippen LogP contribution in [0.15, 0.2) is 24.3 Å². The highest BCUT2D eigenvalue weighted by Gasteiger charge is 2.27. The van der Waals surface area contributed by atoms with E-state index in [1.165, 1.54) is 14.0 Å². The Morgan fingerprint density at radius 2 is 2.16 bits per heavy atom. The summed E-state index contributed by atoms with van der Waals surface area (Å²) in [5.74, 6) is -0.618. The third kappa shape index (κ3) is 3.32. The first kappa shape index (κ1) is 13.5. The molecule has 5 nitrogen and oxygen atoms in total. The van der Waals surface area contributed by atoms with Gasteiger partial charge in [-0.3, -0.25) is 4.79 Å². The van der Waals surface area contributed by atoms with Crippen LogP contribution >= 0.6 is 0 Å². The van der Waals surface area contributed by atoms with Crippen LogP contribution in [0.1, 0.15) is 35.3 Å². The molecule has 2 rings (SSSR count). The van der Waals surface area contributed by atoms with Crippen molar-refractivity contribution in [2.75, 3.05) is 13.7 Å². The minimum Gasteiger partial charge on any atom is -0.465 e. The van der Waals surface area contributed by atoms with E-state index in [0.717, 1.165) is 5.56 Å². The summed E-state index contributed by atoms with van der Waals surface area (Å²) in [6, 6.07) is 7.38. The lowest BCUT2D eigenvalue weighted by molar-refractivity contribution is -0.145. The molecular formula is C14H17NO4. The predicted molar refractivity (Wildman–Crippen MR) is 68.7 cm³/mol. The van der Waals surface area contributed by atoms with Gasteiger partial charge in [0.05, 0.1) is 12.7 Å². The number of methoxy groups -OCH3 is 1. The number of carbonyl (C=O) groups is 2. The summed E-state index contributed by atoms with van der Waals surface area (Å²) in [6.07, 6.45) is 0.605. The third-order valence-corrected chi connectivity index (χ3v) is 3.13.